The first-order valence-corrected chi connectivity index (χ1v) is 7.65. The van der Waals surface area contributed by atoms with E-state index in [0.29, 0.717) is 25.8 Å². The number of amides is 2. The molecule has 0 aromatic heterocycles. The number of aliphatic carboxylic acids is 1. The number of carbonyl (C=O) groups excluding carboxylic acids is 1. The fraction of sp³-hybridized carbons (Fsp3) is 0.500. The number of hydrogen-bond acceptors (Lipinski definition) is 2. The lowest BCUT2D eigenvalue weighted by atomic mass is 10.0. The SMILES string of the molecule is CCCC(NC(=O)N1CCC(C(=O)O)C1)c1ccc(F)cc1F. The molecule has 2 atom stereocenters. The number of nitrogens with zero attached hydrogens (tertiary/aromatic N) is 1. The summed E-state index contributed by atoms with van der Waals surface area (Å²) in [5.41, 5.74) is 0.232. The van der Waals surface area contributed by atoms with Crippen LogP contribution in [0.15, 0.2) is 18.2 Å². The fourth-order valence-corrected chi connectivity index (χ4v) is 2.76. The number of carbonyl (C=O) groups is 2. The summed E-state index contributed by atoms with van der Waals surface area (Å²) in [6.45, 7) is 2.40. The van der Waals surface area contributed by atoms with Gasteiger partial charge in [-0.15, -0.1) is 0 Å². The van der Waals surface area contributed by atoms with Gasteiger partial charge in [-0.05, 0) is 18.9 Å². The summed E-state index contributed by atoms with van der Waals surface area (Å²) in [5.74, 6) is -2.85. The van der Waals surface area contributed by atoms with Gasteiger partial charge in [0.05, 0.1) is 12.0 Å². The van der Waals surface area contributed by atoms with Crippen molar-refractivity contribution in [3.05, 3.63) is 35.4 Å². The first-order valence-electron chi connectivity index (χ1n) is 7.65. The highest BCUT2D eigenvalue weighted by atomic mass is 19.1. The molecule has 1 aromatic carbocycles. The highest BCUT2D eigenvalue weighted by molar-refractivity contribution is 5.77. The molecule has 1 saturated heterocycles. The van der Waals surface area contributed by atoms with Crippen molar-refractivity contribution in [2.24, 2.45) is 5.92 Å². The van der Waals surface area contributed by atoms with E-state index < -0.39 is 35.6 Å². The van der Waals surface area contributed by atoms with Crippen LogP contribution < -0.4 is 5.32 Å². The molecule has 0 bridgehead atoms. The van der Waals surface area contributed by atoms with Crippen LogP contribution in [0, 0.1) is 17.6 Å². The third-order valence-electron chi connectivity index (χ3n) is 4.04. The maximum Gasteiger partial charge on any atom is 0.317 e. The van der Waals surface area contributed by atoms with E-state index in [4.69, 9.17) is 5.11 Å². The molecule has 0 aliphatic carbocycles. The van der Waals surface area contributed by atoms with Gasteiger partial charge >= 0.3 is 12.0 Å². The summed E-state index contributed by atoms with van der Waals surface area (Å²) >= 11 is 0. The monoisotopic (exact) mass is 326 g/mol. The van der Waals surface area contributed by atoms with Crippen molar-refractivity contribution < 1.29 is 23.5 Å². The Hall–Kier alpha value is -2.18. The first kappa shape index (κ1) is 17.2. The second-order valence-corrected chi connectivity index (χ2v) is 5.73. The topological polar surface area (TPSA) is 69.6 Å². The molecule has 0 radical (unpaired) electrons. The van der Waals surface area contributed by atoms with E-state index in [1.807, 2.05) is 6.92 Å². The Morgan fingerprint density at radius 3 is 2.74 bits per heavy atom. The zero-order valence-corrected chi connectivity index (χ0v) is 12.9. The lowest BCUT2D eigenvalue weighted by Gasteiger charge is -2.23. The Bertz CT molecular complexity index is 595. The highest BCUT2D eigenvalue weighted by Crippen LogP contribution is 2.24. The van der Waals surface area contributed by atoms with E-state index in [1.54, 1.807) is 0 Å². The lowest BCUT2D eigenvalue weighted by molar-refractivity contribution is -0.141. The minimum absolute atomic E-state index is 0.145. The second kappa shape index (κ2) is 7.39. The molecule has 1 aromatic rings. The van der Waals surface area contributed by atoms with Crippen LogP contribution in [-0.2, 0) is 4.79 Å². The van der Waals surface area contributed by atoms with Crippen LogP contribution in [0.25, 0.3) is 0 Å². The van der Waals surface area contributed by atoms with E-state index in [2.05, 4.69) is 5.32 Å². The summed E-state index contributed by atoms with van der Waals surface area (Å²) in [6, 6.07) is 2.28. The molecule has 126 valence electrons. The maximum absolute atomic E-state index is 13.9. The summed E-state index contributed by atoms with van der Waals surface area (Å²) in [6.07, 6.45) is 1.62. The molecule has 23 heavy (non-hydrogen) atoms. The molecule has 2 rings (SSSR count). The minimum Gasteiger partial charge on any atom is -0.481 e. The van der Waals surface area contributed by atoms with Crippen molar-refractivity contribution in [1.82, 2.24) is 10.2 Å². The Morgan fingerprint density at radius 1 is 1.43 bits per heavy atom. The molecule has 2 amide bonds. The fourth-order valence-electron chi connectivity index (χ4n) is 2.76. The second-order valence-electron chi connectivity index (χ2n) is 5.73. The summed E-state index contributed by atoms with van der Waals surface area (Å²) in [7, 11) is 0. The van der Waals surface area contributed by atoms with Gasteiger partial charge in [-0.1, -0.05) is 19.4 Å². The van der Waals surface area contributed by atoms with Gasteiger partial charge in [0.15, 0.2) is 0 Å². The van der Waals surface area contributed by atoms with Crippen molar-refractivity contribution in [3.8, 4) is 0 Å². The van der Waals surface area contributed by atoms with E-state index in [-0.39, 0.29) is 12.1 Å². The van der Waals surface area contributed by atoms with Gasteiger partial charge < -0.3 is 15.3 Å². The average molecular weight is 326 g/mol. The summed E-state index contributed by atoms with van der Waals surface area (Å²) in [5, 5.41) is 11.7. The number of carboxylic acid groups (broad SMARTS) is 1. The van der Waals surface area contributed by atoms with Crippen LogP contribution in [0.4, 0.5) is 13.6 Å². The molecule has 7 heteroatoms. The van der Waals surface area contributed by atoms with Gasteiger partial charge in [0.2, 0.25) is 0 Å². The zero-order chi connectivity index (χ0) is 17.0. The molecular weight excluding hydrogens is 306 g/mol. The quantitative estimate of drug-likeness (QED) is 0.874. The van der Waals surface area contributed by atoms with E-state index in [0.717, 1.165) is 12.1 Å². The zero-order valence-electron chi connectivity index (χ0n) is 12.9. The Balaban J connectivity index is 2.07. The van der Waals surface area contributed by atoms with Crippen LogP contribution in [0.1, 0.15) is 37.8 Å². The minimum atomic E-state index is -0.921. The van der Waals surface area contributed by atoms with Crippen LogP contribution in [0.2, 0.25) is 0 Å². The van der Waals surface area contributed by atoms with Gasteiger partial charge in [0, 0.05) is 24.7 Å². The number of benzene rings is 1. The van der Waals surface area contributed by atoms with Gasteiger partial charge in [-0.2, -0.15) is 0 Å². The van der Waals surface area contributed by atoms with Crippen LogP contribution in [-0.4, -0.2) is 35.1 Å². The standard InChI is InChI=1S/C16H20F2N2O3/c1-2-3-14(12-5-4-11(17)8-13(12)18)19-16(23)20-7-6-10(9-20)15(21)22/h4-5,8,10,14H,2-3,6-7,9H2,1H3,(H,19,23)(H,21,22). The molecule has 2 unspecified atom stereocenters. The molecular formula is C16H20F2N2O3. The smallest absolute Gasteiger partial charge is 0.317 e. The molecule has 5 nitrogen and oxygen atoms in total. The molecule has 0 saturated carbocycles. The van der Waals surface area contributed by atoms with Crippen molar-refractivity contribution in [2.75, 3.05) is 13.1 Å². The van der Waals surface area contributed by atoms with Crippen molar-refractivity contribution >= 4 is 12.0 Å². The van der Waals surface area contributed by atoms with E-state index >= 15 is 0 Å². The third-order valence-corrected chi connectivity index (χ3v) is 4.04. The number of urea groups is 1. The summed E-state index contributed by atoms with van der Waals surface area (Å²) in [4.78, 5) is 24.6. The number of likely N-dealkylation sites (tertiary alicyclic amines) is 1. The normalized spacial score (nSPS) is 18.7. The molecule has 1 aliphatic rings. The molecule has 0 spiro atoms. The molecule has 1 aliphatic heterocycles. The third kappa shape index (κ3) is 4.18. The Morgan fingerprint density at radius 2 is 2.17 bits per heavy atom. The number of hydrogen-bond donors (Lipinski definition) is 2. The van der Waals surface area contributed by atoms with Gasteiger partial charge in [0.25, 0.3) is 0 Å². The Kier molecular flexibility index (Phi) is 5.52. The van der Waals surface area contributed by atoms with Crippen LogP contribution in [0.3, 0.4) is 0 Å². The van der Waals surface area contributed by atoms with Gasteiger partial charge in [0.1, 0.15) is 11.6 Å². The largest absolute Gasteiger partial charge is 0.481 e. The van der Waals surface area contributed by atoms with E-state index in [1.165, 1.54) is 11.0 Å². The number of nitrogens with one attached hydrogen (secondary N) is 1. The van der Waals surface area contributed by atoms with Crippen LogP contribution >= 0.6 is 0 Å². The number of rotatable bonds is 5. The molecule has 1 fully saturated rings. The number of carboxylic acids is 1. The predicted octanol–water partition coefficient (Wildman–Crippen LogP) is 2.92. The van der Waals surface area contributed by atoms with Crippen molar-refractivity contribution in [1.29, 1.82) is 0 Å². The predicted molar refractivity (Wildman–Crippen MR) is 79.9 cm³/mol. The lowest BCUT2D eigenvalue weighted by Crippen LogP contribution is -2.41. The van der Waals surface area contributed by atoms with Crippen molar-refractivity contribution in [3.63, 3.8) is 0 Å². The average Bonchev–Trinajstić information content (AvgIpc) is 2.97. The first-order chi connectivity index (χ1) is 10.9. The van der Waals surface area contributed by atoms with Crippen molar-refractivity contribution in [2.45, 2.75) is 32.2 Å². The summed E-state index contributed by atoms with van der Waals surface area (Å²) < 4.78 is 27.0. The van der Waals surface area contributed by atoms with E-state index in [9.17, 15) is 18.4 Å². The van der Waals surface area contributed by atoms with Crippen LogP contribution in [0.5, 0.6) is 0 Å². The molecule has 1 heterocycles. The van der Waals surface area contributed by atoms with Gasteiger partial charge in [-0.25, -0.2) is 13.6 Å². The maximum atomic E-state index is 13.9. The van der Waals surface area contributed by atoms with Gasteiger partial charge in [-0.3, -0.25) is 4.79 Å². The number of halogens is 2. The Labute approximate surface area is 133 Å². The highest BCUT2D eigenvalue weighted by Gasteiger charge is 2.32. The molecule has 2 N–H and O–H groups in total.